The quantitative estimate of drug-likeness (QED) is 0.167. The zero-order valence-corrected chi connectivity index (χ0v) is 24.4. The second-order valence-corrected chi connectivity index (χ2v) is 10.4. The first-order valence-corrected chi connectivity index (χ1v) is 15.1. The normalized spacial score (nSPS) is 11.2. The fraction of sp³-hybridized carbons (Fsp3) is 0.581. The number of pyridine rings is 1. The van der Waals surface area contributed by atoms with Gasteiger partial charge in [-0.05, 0) is 12.8 Å². The lowest BCUT2D eigenvalue weighted by atomic mass is 10.0. The van der Waals surface area contributed by atoms with Crippen molar-refractivity contribution in [1.82, 2.24) is 4.73 Å². The van der Waals surface area contributed by atoms with Gasteiger partial charge >= 0.3 is 22.5 Å². The van der Waals surface area contributed by atoms with Crippen LogP contribution in [0.3, 0.4) is 0 Å². The summed E-state index contributed by atoms with van der Waals surface area (Å²) in [5.41, 5.74) is -7.96. The number of fused-ring (bicyclic) bond motifs is 2. The van der Waals surface area contributed by atoms with E-state index in [1.165, 1.54) is 77.0 Å². The van der Waals surface area contributed by atoms with E-state index in [9.17, 15) is 24.0 Å². The standard InChI is InChI=1S/C31H41NO10/c1-2-3-4-5-6-7-8-9-10-11-12-13-14-15-16-17-22-38-32-30-28(39-23(33)18-20-25(35)41-30)27(37)29-31(32)42-26(36)21-19-24(34)40-29/h18-21H,2-17,22H2,1H3. The van der Waals surface area contributed by atoms with E-state index in [0.717, 1.165) is 48.3 Å². The SMILES string of the molecule is CCCCCCCCCCCCCCCCCCOn1c2oc(=O)ccc(=O)oc2c(=O)c2oc(=O)ccc(=O)oc21. The van der Waals surface area contributed by atoms with Gasteiger partial charge in [0.2, 0.25) is 11.2 Å². The first kappa shape index (κ1) is 32.6. The van der Waals surface area contributed by atoms with Crippen molar-refractivity contribution >= 4 is 22.6 Å². The molecule has 3 rings (SSSR count). The fourth-order valence-corrected chi connectivity index (χ4v) is 4.65. The highest BCUT2D eigenvalue weighted by Crippen LogP contribution is 2.15. The Morgan fingerprint density at radius 3 is 1.21 bits per heavy atom. The Morgan fingerprint density at radius 1 is 0.500 bits per heavy atom. The second kappa shape index (κ2) is 17.8. The van der Waals surface area contributed by atoms with E-state index in [0.29, 0.717) is 6.42 Å². The molecular weight excluding hydrogens is 546 g/mol. The predicted octanol–water partition coefficient (Wildman–Crippen LogP) is 5.78. The summed E-state index contributed by atoms with van der Waals surface area (Å²) in [7, 11) is 0. The average molecular weight is 588 g/mol. The van der Waals surface area contributed by atoms with E-state index in [2.05, 4.69) is 6.92 Å². The van der Waals surface area contributed by atoms with Crippen LogP contribution < -0.4 is 32.8 Å². The molecule has 3 aromatic rings. The number of nitrogens with zero attached hydrogens (tertiary/aromatic N) is 1. The molecule has 0 atom stereocenters. The van der Waals surface area contributed by atoms with Crippen molar-refractivity contribution in [2.24, 2.45) is 0 Å². The van der Waals surface area contributed by atoms with Crippen LogP contribution in [0.1, 0.15) is 110 Å². The van der Waals surface area contributed by atoms with E-state index >= 15 is 0 Å². The first-order valence-electron chi connectivity index (χ1n) is 15.1. The lowest BCUT2D eigenvalue weighted by molar-refractivity contribution is 0.107. The Balaban J connectivity index is 1.57. The molecule has 0 spiro atoms. The maximum atomic E-state index is 13.0. The van der Waals surface area contributed by atoms with E-state index in [1.807, 2.05) is 0 Å². The molecule has 3 aromatic heterocycles. The van der Waals surface area contributed by atoms with Crippen LogP contribution in [0.2, 0.25) is 0 Å². The van der Waals surface area contributed by atoms with Gasteiger partial charge in [0.15, 0.2) is 0 Å². The molecule has 230 valence electrons. The lowest BCUT2D eigenvalue weighted by Gasteiger charge is -2.10. The first-order chi connectivity index (χ1) is 20.4. The van der Waals surface area contributed by atoms with Crippen LogP contribution in [-0.4, -0.2) is 11.3 Å². The third-order valence-corrected chi connectivity index (χ3v) is 6.90. The third kappa shape index (κ3) is 10.5. The van der Waals surface area contributed by atoms with Crippen molar-refractivity contribution < 1.29 is 22.5 Å². The Hall–Kier alpha value is -3.89. The molecular formula is C31H41NO10. The van der Waals surface area contributed by atoms with Crippen LogP contribution in [-0.2, 0) is 0 Å². The second-order valence-electron chi connectivity index (χ2n) is 10.4. The molecule has 0 aliphatic rings. The molecule has 0 fully saturated rings. The topological polar surface area (TPSA) is 152 Å². The zero-order valence-electron chi connectivity index (χ0n) is 24.4. The van der Waals surface area contributed by atoms with Crippen LogP contribution >= 0.6 is 0 Å². The highest BCUT2D eigenvalue weighted by molar-refractivity contribution is 5.79. The smallest absolute Gasteiger partial charge is 0.337 e. The van der Waals surface area contributed by atoms with Gasteiger partial charge in [-0.1, -0.05) is 96.8 Å². The minimum Gasteiger partial charge on any atom is -0.413 e. The summed E-state index contributed by atoms with van der Waals surface area (Å²) in [5, 5.41) is 0. The summed E-state index contributed by atoms with van der Waals surface area (Å²) >= 11 is 0. The van der Waals surface area contributed by atoms with Gasteiger partial charge in [-0.2, -0.15) is 0 Å². The van der Waals surface area contributed by atoms with E-state index in [-0.39, 0.29) is 6.61 Å². The van der Waals surface area contributed by atoms with Gasteiger partial charge in [0.05, 0.1) is 0 Å². The molecule has 0 radical (unpaired) electrons. The van der Waals surface area contributed by atoms with E-state index < -0.39 is 50.5 Å². The largest absolute Gasteiger partial charge is 0.413 e. The summed E-state index contributed by atoms with van der Waals surface area (Å²) < 4.78 is 21.1. The summed E-state index contributed by atoms with van der Waals surface area (Å²) in [6, 6.07) is 3.16. The Morgan fingerprint density at radius 2 is 0.833 bits per heavy atom. The lowest BCUT2D eigenvalue weighted by Crippen LogP contribution is -2.21. The van der Waals surface area contributed by atoms with E-state index in [1.54, 1.807) is 0 Å². The summed E-state index contributed by atoms with van der Waals surface area (Å²) in [4.78, 5) is 67.1. The van der Waals surface area contributed by atoms with E-state index in [4.69, 9.17) is 22.5 Å². The zero-order chi connectivity index (χ0) is 30.2. The third-order valence-electron chi connectivity index (χ3n) is 6.90. The number of aromatic nitrogens is 1. The average Bonchev–Trinajstić information content (AvgIpc) is 2.96. The van der Waals surface area contributed by atoms with Gasteiger partial charge in [-0.15, -0.1) is 4.73 Å². The van der Waals surface area contributed by atoms with Crippen LogP contribution in [0, 0.1) is 0 Å². The summed E-state index contributed by atoms with van der Waals surface area (Å²) in [6.07, 6.45) is 19.2. The number of hydrogen-bond acceptors (Lipinski definition) is 10. The molecule has 0 unspecified atom stereocenters. The molecule has 0 amide bonds. The molecule has 0 aromatic carbocycles. The van der Waals surface area contributed by atoms with Crippen molar-refractivity contribution in [2.75, 3.05) is 6.61 Å². The minimum atomic E-state index is -1.14. The van der Waals surface area contributed by atoms with Gasteiger partial charge in [0.1, 0.15) is 6.61 Å². The van der Waals surface area contributed by atoms with Crippen LogP contribution in [0.4, 0.5) is 0 Å². The molecule has 0 aliphatic carbocycles. The van der Waals surface area contributed by atoms with Gasteiger partial charge in [0, 0.05) is 24.3 Å². The molecule has 0 bridgehead atoms. The molecule has 42 heavy (non-hydrogen) atoms. The molecule has 0 aliphatic heterocycles. The Kier molecular flexibility index (Phi) is 13.8. The Bertz CT molecular complexity index is 1530. The highest BCUT2D eigenvalue weighted by Gasteiger charge is 2.20. The molecule has 3 heterocycles. The van der Waals surface area contributed by atoms with Crippen LogP contribution in [0.25, 0.3) is 22.6 Å². The number of rotatable bonds is 18. The van der Waals surface area contributed by atoms with Crippen LogP contribution in [0.15, 0.2) is 65.9 Å². The molecule has 0 saturated heterocycles. The number of hydrogen-bond donors (Lipinski definition) is 0. The Labute approximate surface area is 242 Å². The van der Waals surface area contributed by atoms with Crippen molar-refractivity contribution in [3.05, 3.63) is 76.2 Å². The van der Waals surface area contributed by atoms with Gasteiger partial charge in [0.25, 0.3) is 16.9 Å². The fourth-order valence-electron chi connectivity index (χ4n) is 4.65. The van der Waals surface area contributed by atoms with Gasteiger partial charge in [-0.25, -0.2) is 19.2 Å². The maximum absolute atomic E-state index is 13.0. The van der Waals surface area contributed by atoms with Crippen LogP contribution in [0.5, 0.6) is 0 Å². The molecule has 0 N–H and O–H groups in total. The molecule has 11 heteroatoms. The molecule has 0 saturated carbocycles. The summed E-state index contributed by atoms with van der Waals surface area (Å²) in [6.45, 7) is 2.32. The molecule has 11 nitrogen and oxygen atoms in total. The monoisotopic (exact) mass is 587 g/mol. The minimum absolute atomic E-state index is 0.0723. The van der Waals surface area contributed by atoms with Crippen molar-refractivity contribution in [3.8, 4) is 0 Å². The van der Waals surface area contributed by atoms with Gasteiger partial charge in [-0.3, -0.25) is 4.79 Å². The van der Waals surface area contributed by atoms with Gasteiger partial charge < -0.3 is 22.5 Å². The predicted molar refractivity (Wildman–Crippen MR) is 158 cm³/mol. The van der Waals surface area contributed by atoms with Crippen molar-refractivity contribution in [1.29, 1.82) is 0 Å². The highest BCUT2D eigenvalue weighted by atomic mass is 16.7. The maximum Gasteiger partial charge on any atom is 0.337 e. The van der Waals surface area contributed by atoms with Crippen molar-refractivity contribution in [2.45, 2.75) is 110 Å². The van der Waals surface area contributed by atoms with Crippen molar-refractivity contribution in [3.63, 3.8) is 0 Å². The number of unbranched alkanes of at least 4 members (excludes halogenated alkanes) is 15. The summed E-state index contributed by atoms with van der Waals surface area (Å²) in [5.74, 6) is 0.